The van der Waals surface area contributed by atoms with Gasteiger partial charge in [-0.1, -0.05) is 22.0 Å². The number of nitrogens with two attached hydrogens (primary N) is 1. The Kier molecular flexibility index (Phi) is 2.60. The summed E-state index contributed by atoms with van der Waals surface area (Å²) in [7, 11) is 0. The van der Waals surface area contributed by atoms with Crippen LogP contribution in [0, 0.1) is 0 Å². The molecule has 14 heavy (non-hydrogen) atoms. The van der Waals surface area contributed by atoms with Gasteiger partial charge in [-0.3, -0.25) is 4.57 Å². The van der Waals surface area contributed by atoms with E-state index in [0.29, 0.717) is 6.54 Å². The molecule has 2 N–H and O–H groups in total. The Labute approximate surface area is 89.9 Å². The molecule has 2 rings (SSSR count). The first-order valence-electron chi connectivity index (χ1n) is 4.15. The Balaban J connectivity index is 2.58. The summed E-state index contributed by atoms with van der Waals surface area (Å²) in [4.78, 5) is 0. The minimum absolute atomic E-state index is 0.481. The molecule has 0 radical (unpaired) electrons. The van der Waals surface area contributed by atoms with Gasteiger partial charge in [0.15, 0.2) is 0 Å². The molecule has 4 nitrogen and oxygen atoms in total. The van der Waals surface area contributed by atoms with Crippen LogP contribution in [0.3, 0.4) is 0 Å². The minimum atomic E-state index is 0.481. The van der Waals surface area contributed by atoms with Gasteiger partial charge >= 0.3 is 0 Å². The predicted molar refractivity (Wildman–Crippen MR) is 57.0 cm³/mol. The van der Waals surface area contributed by atoms with Gasteiger partial charge in [-0.2, -0.15) is 0 Å². The Morgan fingerprint density at radius 3 is 2.64 bits per heavy atom. The van der Waals surface area contributed by atoms with Gasteiger partial charge in [-0.25, -0.2) is 0 Å². The first kappa shape index (κ1) is 9.36. The van der Waals surface area contributed by atoms with Gasteiger partial charge in [-0.15, -0.1) is 10.2 Å². The first-order valence-corrected chi connectivity index (χ1v) is 4.94. The van der Waals surface area contributed by atoms with E-state index in [9.17, 15) is 0 Å². The minimum Gasteiger partial charge on any atom is -0.326 e. The molecule has 0 saturated carbocycles. The van der Waals surface area contributed by atoms with Crippen molar-refractivity contribution < 1.29 is 0 Å². The van der Waals surface area contributed by atoms with E-state index in [1.54, 1.807) is 12.7 Å². The number of aromatic nitrogens is 3. The molecule has 0 aliphatic rings. The zero-order chi connectivity index (χ0) is 9.97. The van der Waals surface area contributed by atoms with Crippen LogP contribution in [-0.2, 0) is 6.54 Å². The number of halogens is 1. The third-order valence-corrected chi connectivity index (χ3v) is 2.74. The summed E-state index contributed by atoms with van der Waals surface area (Å²) >= 11 is 3.46. The van der Waals surface area contributed by atoms with Crippen molar-refractivity contribution in [3.8, 4) is 5.69 Å². The molecule has 0 spiro atoms. The van der Waals surface area contributed by atoms with Gasteiger partial charge in [0.1, 0.15) is 12.7 Å². The second-order valence-corrected chi connectivity index (χ2v) is 3.67. The summed E-state index contributed by atoms with van der Waals surface area (Å²) in [5, 5.41) is 7.52. The second kappa shape index (κ2) is 3.89. The summed E-state index contributed by atoms with van der Waals surface area (Å²) in [5.74, 6) is 0. The highest BCUT2D eigenvalue weighted by Gasteiger charge is 2.05. The molecule has 0 bridgehead atoms. The molecule has 0 amide bonds. The molecule has 1 aromatic heterocycles. The summed E-state index contributed by atoms with van der Waals surface area (Å²) in [6, 6.07) is 5.91. The monoisotopic (exact) mass is 252 g/mol. The molecule has 0 aliphatic carbocycles. The standard InChI is InChI=1S/C9H9BrN4/c10-8-2-1-3-9(7(8)4-11)14-5-12-13-6-14/h1-3,5-6H,4,11H2. The summed E-state index contributed by atoms with van der Waals surface area (Å²) in [6.45, 7) is 0.481. The van der Waals surface area contributed by atoms with E-state index in [4.69, 9.17) is 5.73 Å². The maximum atomic E-state index is 5.67. The molecule has 1 aromatic carbocycles. The van der Waals surface area contributed by atoms with E-state index in [-0.39, 0.29) is 0 Å². The van der Waals surface area contributed by atoms with Crippen molar-refractivity contribution in [3.05, 3.63) is 40.9 Å². The SMILES string of the molecule is NCc1c(Br)cccc1-n1cnnc1. The van der Waals surface area contributed by atoms with Crippen LogP contribution in [0.2, 0.25) is 0 Å². The fraction of sp³-hybridized carbons (Fsp3) is 0.111. The van der Waals surface area contributed by atoms with Gasteiger partial charge < -0.3 is 5.73 Å². The molecule has 0 aliphatic heterocycles. The van der Waals surface area contributed by atoms with Crippen LogP contribution in [0.1, 0.15) is 5.56 Å². The third kappa shape index (κ3) is 1.56. The van der Waals surface area contributed by atoms with Crippen molar-refractivity contribution >= 4 is 15.9 Å². The van der Waals surface area contributed by atoms with Crippen LogP contribution in [0.5, 0.6) is 0 Å². The van der Waals surface area contributed by atoms with Gasteiger partial charge in [0.25, 0.3) is 0 Å². The van der Waals surface area contributed by atoms with Crippen LogP contribution in [-0.4, -0.2) is 14.8 Å². The smallest absolute Gasteiger partial charge is 0.123 e. The molecule has 0 saturated heterocycles. The average Bonchev–Trinajstić information content (AvgIpc) is 2.70. The lowest BCUT2D eigenvalue weighted by atomic mass is 10.2. The van der Waals surface area contributed by atoms with Crippen LogP contribution < -0.4 is 5.73 Å². The first-order chi connectivity index (χ1) is 6.83. The largest absolute Gasteiger partial charge is 0.326 e. The lowest BCUT2D eigenvalue weighted by Crippen LogP contribution is -2.04. The van der Waals surface area contributed by atoms with Crippen LogP contribution in [0.15, 0.2) is 35.3 Å². The summed E-state index contributed by atoms with van der Waals surface area (Å²) in [6.07, 6.45) is 3.31. The molecular weight excluding hydrogens is 244 g/mol. The zero-order valence-electron chi connectivity index (χ0n) is 7.39. The topological polar surface area (TPSA) is 56.7 Å². The molecule has 0 unspecified atom stereocenters. The summed E-state index contributed by atoms with van der Waals surface area (Å²) in [5.41, 5.74) is 7.73. The Morgan fingerprint density at radius 2 is 2.00 bits per heavy atom. The Hall–Kier alpha value is -1.20. The van der Waals surface area contributed by atoms with Gasteiger partial charge in [0, 0.05) is 16.6 Å². The molecule has 1 heterocycles. The fourth-order valence-corrected chi connectivity index (χ4v) is 1.83. The molecule has 2 aromatic rings. The van der Waals surface area contributed by atoms with Crippen LogP contribution in [0.25, 0.3) is 5.69 Å². The summed E-state index contributed by atoms with van der Waals surface area (Å²) < 4.78 is 2.85. The third-order valence-electron chi connectivity index (χ3n) is 2.00. The van der Waals surface area contributed by atoms with Crippen molar-refractivity contribution in [2.75, 3.05) is 0 Å². The van der Waals surface area contributed by atoms with Crippen LogP contribution in [0.4, 0.5) is 0 Å². The van der Waals surface area contributed by atoms with E-state index < -0.39 is 0 Å². The number of rotatable bonds is 2. The molecule has 72 valence electrons. The maximum absolute atomic E-state index is 5.67. The molecular formula is C9H9BrN4. The van der Waals surface area contributed by atoms with E-state index in [1.165, 1.54) is 0 Å². The van der Waals surface area contributed by atoms with Crippen molar-refractivity contribution in [1.29, 1.82) is 0 Å². The predicted octanol–water partition coefficient (Wildman–Crippen LogP) is 1.49. The number of benzene rings is 1. The van der Waals surface area contributed by atoms with Crippen molar-refractivity contribution in [2.45, 2.75) is 6.54 Å². The fourth-order valence-electron chi connectivity index (χ4n) is 1.32. The van der Waals surface area contributed by atoms with Gasteiger partial charge in [0.05, 0.1) is 5.69 Å². The van der Waals surface area contributed by atoms with E-state index >= 15 is 0 Å². The van der Waals surface area contributed by atoms with Gasteiger partial charge in [-0.05, 0) is 12.1 Å². The highest BCUT2D eigenvalue weighted by atomic mass is 79.9. The van der Waals surface area contributed by atoms with Crippen LogP contribution >= 0.6 is 15.9 Å². The lowest BCUT2D eigenvalue weighted by molar-refractivity contribution is 0.975. The number of nitrogens with zero attached hydrogens (tertiary/aromatic N) is 3. The maximum Gasteiger partial charge on any atom is 0.123 e. The number of hydrogen-bond donors (Lipinski definition) is 1. The van der Waals surface area contributed by atoms with Crippen molar-refractivity contribution in [3.63, 3.8) is 0 Å². The average molecular weight is 253 g/mol. The van der Waals surface area contributed by atoms with Crippen molar-refractivity contribution in [2.24, 2.45) is 5.73 Å². The molecule has 0 fully saturated rings. The molecule has 0 atom stereocenters. The second-order valence-electron chi connectivity index (χ2n) is 2.81. The Morgan fingerprint density at radius 1 is 1.29 bits per heavy atom. The van der Waals surface area contributed by atoms with Gasteiger partial charge in [0.2, 0.25) is 0 Å². The van der Waals surface area contributed by atoms with E-state index in [1.807, 2.05) is 22.8 Å². The van der Waals surface area contributed by atoms with E-state index in [0.717, 1.165) is 15.7 Å². The zero-order valence-corrected chi connectivity index (χ0v) is 8.98. The lowest BCUT2D eigenvalue weighted by Gasteiger charge is -2.09. The quantitative estimate of drug-likeness (QED) is 0.882. The van der Waals surface area contributed by atoms with E-state index in [2.05, 4.69) is 26.1 Å². The Bertz CT molecular complexity index is 424. The molecule has 5 heteroatoms. The highest BCUT2D eigenvalue weighted by Crippen LogP contribution is 2.22. The highest BCUT2D eigenvalue weighted by molar-refractivity contribution is 9.10. The number of hydrogen-bond acceptors (Lipinski definition) is 3. The van der Waals surface area contributed by atoms with Crippen molar-refractivity contribution in [1.82, 2.24) is 14.8 Å². The normalized spacial score (nSPS) is 10.4.